The third kappa shape index (κ3) is 1.32. The number of benzene rings is 6. The Morgan fingerprint density at radius 1 is 0.346 bits per heavy atom. The van der Waals surface area contributed by atoms with E-state index < -0.39 is 0 Å². The van der Waals surface area contributed by atoms with Crippen LogP contribution in [0, 0.1) is 0 Å². The standard InChI is InChI=1S/C26H14/c1-2-8-18-17(7-1)19-9-4-10-20-21-13-11-15-5-3-6-16-12-14-22(25(21)23(15)16)26(18)24(19)20/h1-14H. The molecule has 0 saturated carbocycles. The normalized spacial score (nSPS) is 12.6. The van der Waals surface area contributed by atoms with Gasteiger partial charge >= 0.3 is 0 Å². The van der Waals surface area contributed by atoms with Crippen LogP contribution in [-0.4, -0.2) is 0 Å². The van der Waals surface area contributed by atoms with Gasteiger partial charge in [0.2, 0.25) is 0 Å². The van der Waals surface area contributed by atoms with Crippen LogP contribution in [0.15, 0.2) is 84.9 Å². The van der Waals surface area contributed by atoms with Crippen LogP contribution in [0.4, 0.5) is 0 Å². The van der Waals surface area contributed by atoms with Gasteiger partial charge in [0, 0.05) is 0 Å². The van der Waals surface area contributed by atoms with Crippen LogP contribution in [-0.2, 0) is 0 Å². The summed E-state index contributed by atoms with van der Waals surface area (Å²) in [4.78, 5) is 0. The van der Waals surface area contributed by atoms with Gasteiger partial charge in [0.1, 0.15) is 0 Å². The summed E-state index contributed by atoms with van der Waals surface area (Å²) in [5.41, 5.74) is 5.52. The van der Waals surface area contributed by atoms with Crippen molar-refractivity contribution in [2.45, 2.75) is 0 Å². The molecular weight excluding hydrogens is 312 g/mol. The number of fused-ring (bicyclic) bond motifs is 5. The molecule has 0 amide bonds. The van der Waals surface area contributed by atoms with Gasteiger partial charge in [-0.15, -0.1) is 0 Å². The first kappa shape index (κ1) is 12.9. The van der Waals surface area contributed by atoms with E-state index >= 15 is 0 Å². The lowest BCUT2D eigenvalue weighted by atomic mass is 9.87. The Balaban J connectivity index is 1.91. The van der Waals surface area contributed by atoms with E-state index in [1.54, 1.807) is 0 Å². The van der Waals surface area contributed by atoms with Gasteiger partial charge in [0.15, 0.2) is 0 Å². The number of rotatable bonds is 0. The highest BCUT2D eigenvalue weighted by molar-refractivity contribution is 6.36. The molecule has 0 aromatic heterocycles. The average molecular weight is 326 g/mol. The van der Waals surface area contributed by atoms with E-state index in [4.69, 9.17) is 0 Å². The molecule has 0 N–H and O–H groups in total. The maximum Gasteiger partial charge on any atom is -0.00137 e. The SMILES string of the molecule is c1ccc2c(c1)-c1cccc3c1c-2c1ccc2cccc4ccc3c1c24. The minimum Gasteiger partial charge on any atom is -0.0616 e. The fourth-order valence-electron chi connectivity index (χ4n) is 5.14. The molecular formula is C26H14. The first-order chi connectivity index (χ1) is 12.9. The van der Waals surface area contributed by atoms with Crippen LogP contribution in [0.25, 0.3) is 65.3 Å². The summed E-state index contributed by atoms with van der Waals surface area (Å²) in [5, 5.41) is 11.0. The predicted octanol–water partition coefficient (Wildman–Crippen LogP) is 7.38. The van der Waals surface area contributed by atoms with E-state index in [9.17, 15) is 0 Å². The lowest BCUT2D eigenvalue weighted by molar-refractivity contribution is 1.70. The third-order valence-corrected chi connectivity index (χ3v) is 6.14. The van der Waals surface area contributed by atoms with Gasteiger partial charge in [-0.2, -0.15) is 0 Å². The van der Waals surface area contributed by atoms with Crippen molar-refractivity contribution in [3.63, 3.8) is 0 Å². The molecule has 7 rings (SSSR count). The molecule has 6 aromatic carbocycles. The van der Waals surface area contributed by atoms with Crippen LogP contribution in [0.2, 0.25) is 0 Å². The maximum absolute atomic E-state index is 2.33. The molecule has 26 heavy (non-hydrogen) atoms. The number of hydrogen-bond donors (Lipinski definition) is 0. The Kier molecular flexibility index (Phi) is 2.10. The van der Waals surface area contributed by atoms with Crippen molar-refractivity contribution in [1.29, 1.82) is 0 Å². The minimum absolute atomic E-state index is 1.33. The van der Waals surface area contributed by atoms with Crippen molar-refractivity contribution in [3.05, 3.63) is 84.9 Å². The molecule has 0 radical (unpaired) electrons. The first-order valence-corrected chi connectivity index (χ1v) is 9.14. The topological polar surface area (TPSA) is 0 Å². The van der Waals surface area contributed by atoms with E-state index in [1.165, 1.54) is 65.3 Å². The first-order valence-electron chi connectivity index (χ1n) is 9.14. The summed E-state index contributed by atoms with van der Waals surface area (Å²) in [6.07, 6.45) is 0. The van der Waals surface area contributed by atoms with Crippen LogP contribution < -0.4 is 0 Å². The summed E-state index contributed by atoms with van der Waals surface area (Å²) in [6.45, 7) is 0. The Bertz CT molecular complexity index is 1500. The molecule has 118 valence electrons. The van der Waals surface area contributed by atoms with E-state index in [2.05, 4.69) is 84.9 Å². The lowest BCUT2D eigenvalue weighted by Crippen LogP contribution is -1.87. The second kappa shape index (κ2) is 4.23. The Morgan fingerprint density at radius 3 is 1.85 bits per heavy atom. The van der Waals surface area contributed by atoms with Crippen LogP contribution in [0.5, 0.6) is 0 Å². The van der Waals surface area contributed by atoms with Crippen LogP contribution in [0.3, 0.4) is 0 Å². The third-order valence-electron chi connectivity index (χ3n) is 6.14. The average Bonchev–Trinajstić information content (AvgIpc) is 3.04. The van der Waals surface area contributed by atoms with Gasteiger partial charge in [-0.25, -0.2) is 0 Å². The highest BCUT2D eigenvalue weighted by atomic mass is 14.3. The van der Waals surface area contributed by atoms with Crippen LogP contribution >= 0.6 is 0 Å². The molecule has 1 aliphatic carbocycles. The molecule has 0 saturated heterocycles. The second-order valence-electron chi connectivity index (χ2n) is 7.33. The van der Waals surface area contributed by atoms with Crippen molar-refractivity contribution in [3.8, 4) is 22.3 Å². The predicted molar refractivity (Wildman–Crippen MR) is 112 cm³/mol. The summed E-state index contributed by atoms with van der Waals surface area (Å²) >= 11 is 0. The second-order valence-corrected chi connectivity index (χ2v) is 7.33. The van der Waals surface area contributed by atoms with Crippen molar-refractivity contribution >= 4 is 43.1 Å². The van der Waals surface area contributed by atoms with Gasteiger partial charge in [0.05, 0.1) is 0 Å². The summed E-state index contributed by atoms with van der Waals surface area (Å²) in [7, 11) is 0. The minimum atomic E-state index is 1.33. The Hall–Kier alpha value is -3.38. The molecule has 0 heterocycles. The van der Waals surface area contributed by atoms with E-state index in [0.29, 0.717) is 0 Å². The summed E-state index contributed by atoms with van der Waals surface area (Å²) in [5.74, 6) is 0. The molecule has 0 heteroatoms. The molecule has 0 bridgehead atoms. The molecule has 1 aliphatic rings. The fourth-order valence-corrected chi connectivity index (χ4v) is 5.14. The molecule has 6 aromatic rings. The number of hydrogen-bond acceptors (Lipinski definition) is 0. The largest absolute Gasteiger partial charge is 0.0616 e. The van der Waals surface area contributed by atoms with Gasteiger partial charge in [-0.3, -0.25) is 0 Å². The summed E-state index contributed by atoms with van der Waals surface area (Å²) < 4.78 is 0. The van der Waals surface area contributed by atoms with Crippen molar-refractivity contribution in [2.24, 2.45) is 0 Å². The van der Waals surface area contributed by atoms with Crippen molar-refractivity contribution in [2.75, 3.05) is 0 Å². The van der Waals surface area contributed by atoms with E-state index in [-0.39, 0.29) is 0 Å². The maximum atomic E-state index is 2.33. The highest BCUT2D eigenvalue weighted by Crippen LogP contribution is 2.53. The fraction of sp³-hybridized carbons (Fsp3) is 0. The summed E-state index contributed by atoms with van der Waals surface area (Å²) in [6, 6.07) is 31.5. The Labute approximate surface area is 150 Å². The zero-order valence-electron chi connectivity index (χ0n) is 14.1. The van der Waals surface area contributed by atoms with Gasteiger partial charge in [0.25, 0.3) is 0 Å². The van der Waals surface area contributed by atoms with Gasteiger partial charge in [-0.05, 0) is 65.3 Å². The highest BCUT2D eigenvalue weighted by Gasteiger charge is 2.25. The molecule has 0 nitrogen and oxygen atoms in total. The van der Waals surface area contributed by atoms with Crippen molar-refractivity contribution in [1.82, 2.24) is 0 Å². The zero-order valence-corrected chi connectivity index (χ0v) is 14.1. The quantitative estimate of drug-likeness (QED) is 0.201. The smallest absolute Gasteiger partial charge is 0.00137 e. The van der Waals surface area contributed by atoms with Gasteiger partial charge < -0.3 is 0 Å². The van der Waals surface area contributed by atoms with E-state index in [0.717, 1.165) is 0 Å². The van der Waals surface area contributed by atoms with Crippen molar-refractivity contribution < 1.29 is 0 Å². The molecule has 0 fully saturated rings. The monoisotopic (exact) mass is 326 g/mol. The van der Waals surface area contributed by atoms with E-state index in [1.807, 2.05) is 0 Å². The Morgan fingerprint density at radius 2 is 1.00 bits per heavy atom. The van der Waals surface area contributed by atoms with Gasteiger partial charge in [-0.1, -0.05) is 84.9 Å². The molecule has 0 atom stereocenters. The zero-order chi connectivity index (χ0) is 16.8. The lowest BCUT2D eigenvalue weighted by Gasteiger charge is -2.15. The molecule has 0 aliphatic heterocycles. The molecule has 0 spiro atoms. The molecule has 0 unspecified atom stereocenters. The van der Waals surface area contributed by atoms with Crippen LogP contribution in [0.1, 0.15) is 0 Å².